The second-order valence-corrected chi connectivity index (χ2v) is 11.9. The molecule has 2 N–H and O–H groups in total. The van der Waals surface area contributed by atoms with E-state index < -0.39 is 20.5 Å². The molecule has 0 bridgehead atoms. The summed E-state index contributed by atoms with van der Waals surface area (Å²) >= 11 is 1.74. The van der Waals surface area contributed by atoms with Gasteiger partial charge in [-0.25, -0.2) is 8.42 Å². The van der Waals surface area contributed by atoms with E-state index in [4.69, 9.17) is 19.9 Å². The van der Waals surface area contributed by atoms with E-state index in [-0.39, 0.29) is 36.9 Å². The van der Waals surface area contributed by atoms with Crippen molar-refractivity contribution < 1.29 is 27.4 Å². The predicted molar refractivity (Wildman–Crippen MR) is 140 cm³/mol. The van der Waals surface area contributed by atoms with E-state index >= 15 is 0 Å². The number of thioether (sulfide) groups is 1. The molecule has 1 amide bonds. The molecule has 1 atom stereocenters. The molecule has 0 aliphatic carbocycles. The van der Waals surface area contributed by atoms with E-state index in [2.05, 4.69) is 20.8 Å². The molecule has 2 aromatic rings. The third-order valence-corrected chi connectivity index (χ3v) is 9.40. The fourth-order valence-corrected chi connectivity index (χ4v) is 6.30. The van der Waals surface area contributed by atoms with Crippen molar-refractivity contribution in [2.75, 3.05) is 32.7 Å². The third-order valence-electron chi connectivity index (χ3n) is 5.53. The predicted octanol–water partition coefficient (Wildman–Crippen LogP) is 4.73. The first-order valence-corrected chi connectivity index (χ1v) is 14.3. The molecule has 1 fully saturated rings. The molecule has 1 heterocycles. The molecule has 3 rings (SSSR count). The van der Waals surface area contributed by atoms with Gasteiger partial charge in [-0.05, 0) is 67.3 Å². The Morgan fingerprint density at radius 3 is 2.11 bits per heavy atom. The van der Waals surface area contributed by atoms with Crippen LogP contribution >= 0.6 is 11.8 Å². The van der Waals surface area contributed by atoms with Crippen molar-refractivity contribution in [2.24, 2.45) is 11.7 Å². The molecule has 0 saturated carbocycles. The Morgan fingerprint density at radius 1 is 1.06 bits per heavy atom. The fourth-order valence-electron chi connectivity index (χ4n) is 3.49. The lowest BCUT2D eigenvalue weighted by molar-refractivity contribution is -0.122. The quantitative estimate of drug-likeness (QED) is 0.449. The highest BCUT2D eigenvalue weighted by atomic mass is 32.2. The first-order chi connectivity index (χ1) is 16.7. The molecular formula is C26H37NO6S2. The molecule has 1 aliphatic rings. The van der Waals surface area contributed by atoms with Crippen LogP contribution in [0, 0.1) is 5.92 Å². The van der Waals surface area contributed by atoms with Gasteiger partial charge in [-0.15, -0.1) is 11.8 Å². The maximum absolute atomic E-state index is 13.2. The van der Waals surface area contributed by atoms with Gasteiger partial charge in [-0.2, -0.15) is 0 Å². The van der Waals surface area contributed by atoms with Crippen molar-refractivity contribution in [2.45, 2.75) is 54.6 Å². The van der Waals surface area contributed by atoms with Crippen LogP contribution in [0.2, 0.25) is 0 Å². The lowest BCUT2D eigenvalue weighted by Gasteiger charge is -2.33. The lowest BCUT2D eigenvalue weighted by atomic mass is 9.98. The second-order valence-electron chi connectivity index (χ2n) is 8.56. The van der Waals surface area contributed by atoms with Crippen molar-refractivity contribution in [1.82, 2.24) is 0 Å². The first kappa shape index (κ1) is 29.0. The Bertz CT molecular complexity index is 1020. The van der Waals surface area contributed by atoms with E-state index in [9.17, 15) is 13.2 Å². The third kappa shape index (κ3) is 7.62. The van der Waals surface area contributed by atoms with E-state index in [1.165, 1.54) is 18.6 Å². The SMILES string of the molecule is CCC.COc1ccc(SC[C@H](C)COc2ccc(S(=O)(=O)C3(C(N)=O)CCOCC3)cc2)cc1. The summed E-state index contributed by atoms with van der Waals surface area (Å²) in [4.78, 5) is 13.3. The Labute approximate surface area is 213 Å². The molecule has 194 valence electrons. The van der Waals surface area contributed by atoms with Crippen LogP contribution in [-0.4, -0.2) is 51.8 Å². The molecule has 0 unspecified atom stereocenters. The van der Waals surface area contributed by atoms with Gasteiger partial charge in [0.15, 0.2) is 14.6 Å². The minimum Gasteiger partial charge on any atom is -0.497 e. The smallest absolute Gasteiger partial charge is 0.239 e. The van der Waals surface area contributed by atoms with Gasteiger partial charge < -0.3 is 19.9 Å². The summed E-state index contributed by atoms with van der Waals surface area (Å²) in [6.07, 6.45) is 1.37. The highest BCUT2D eigenvalue weighted by molar-refractivity contribution is 7.99. The van der Waals surface area contributed by atoms with E-state index in [0.717, 1.165) is 16.4 Å². The Kier molecular flexibility index (Phi) is 11.4. The van der Waals surface area contributed by atoms with Crippen molar-refractivity contribution in [3.05, 3.63) is 48.5 Å². The summed E-state index contributed by atoms with van der Waals surface area (Å²) in [5.41, 5.74) is 5.51. The van der Waals surface area contributed by atoms with Gasteiger partial charge in [0.25, 0.3) is 0 Å². The molecule has 1 saturated heterocycles. The summed E-state index contributed by atoms with van der Waals surface area (Å²) < 4.78 is 41.0. The number of hydrogen-bond donors (Lipinski definition) is 1. The average Bonchev–Trinajstić information content (AvgIpc) is 2.87. The van der Waals surface area contributed by atoms with Crippen LogP contribution in [0.1, 0.15) is 40.0 Å². The van der Waals surface area contributed by atoms with Gasteiger partial charge in [0.05, 0.1) is 18.6 Å². The Balaban J connectivity index is 0.00000137. The first-order valence-electron chi connectivity index (χ1n) is 11.8. The standard InChI is InChI=1S/C23H29NO6S2.C3H8/c1-17(16-31-20-7-3-18(28-2)4-8-20)15-30-19-5-9-21(10-6-19)32(26,27)23(22(24)25)11-13-29-14-12-23;1-3-2/h3-10,17H,11-16H2,1-2H3,(H2,24,25);3H2,1-2H3/t17-;/m1./s1. The van der Waals surface area contributed by atoms with Crippen LogP contribution < -0.4 is 15.2 Å². The largest absolute Gasteiger partial charge is 0.497 e. The summed E-state index contributed by atoms with van der Waals surface area (Å²) in [5, 5.41) is 0. The van der Waals surface area contributed by atoms with Crippen LogP contribution in [0.3, 0.4) is 0 Å². The number of benzene rings is 2. The van der Waals surface area contributed by atoms with Crippen molar-refractivity contribution >= 4 is 27.5 Å². The number of carbonyl (C=O) groups is 1. The zero-order valence-corrected chi connectivity index (χ0v) is 22.6. The number of amides is 1. The van der Waals surface area contributed by atoms with E-state index in [0.29, 0.717) is 12.4 Å². The number of ether oxygens (including phenoxy) is 3. The maximum Gasteiger partial charge on any atom is 0.239 e. The zero-order chi connectivity index (χ0) is 25.9. The summed E-state index contributed by atoms with van der Waals surface area (Å²) in [5.74, 6) is 1.73. The molecule has 0 aromatic heterocycles. The summed E-state index contributed by atoms with van der Waals surface area (Å²) in [7, 11) is -2.29. The number of hydrogen-bond acceptors (Lipinski definition) is 7. The average molecular weight is 524 g/mol. The van der Waals surface area contributed by atoms with Gasteiger partial charge in [-0.1, -0.05) is 27.2 Å². The minimum atomic E-state index is -3.94. The van der Waals surface area contributed by atoms with Gasteiger partial charge >= 0.3 is 0 Å². The molecule has 7 nitrogen and oxygen atoms in total. The highest BCUT2D eigenvalue weighted by Gasteiger charge is 2.51. The number of primary amides is 1. The molecule has 9 heteroatoms. The number of carbonyl (C=O) groups excluding carboxylic acids is 1. The lowest BCUT2D eigenvalue weighted by Crippen LogP contribution is -2.53. The molecule has 0 radical (unpaired) electrons. The van der Waals surface area contributed by atoms with Crippen LogP contribution in [0.15, 0.2) is 58.3 Å². The van der Waals surface area contributed by atoms with Crippen LogP contribution in [0.4, 0.5) is 0 Å². The van der Waals surface area contributed by atoms with E-state index in [1.54, 1.807) is 31.0 Å². The second kappa shape index (κ2) is 13.8. The Hall–Kier alpha value is -2.23. The van der Waals surface area contributed by atoms with Crippen LogP contribution in [-0.2, 0) is 19.4 Å². The number of nitrogens with two attached hydrogens (primary N) is 1. The van der Waals surface area contributed by atoms with Crippen molar-refractivity contribution in [1.29, 1.82) is 0 Å². The Morgan fingerprint density at radius 2 is 1.60 bits per heavy atom. The molecule has 0 spiro atoms. The molecule has 35 heavy (non-hydrogen) atoms. The minimum absolute atomic E-state index is 0.0618. The van der Waals surface area contributed by atoms with E-state index in [1.807, 2.05) is 24.3 Å². The zero-order valence-electron chi connectivity index (χ0n) is 21.0. The van der Waals surface area contributed by atoms with Crippen LogP contribution in [0.5, 0.6) is 11.5 Å². The molecule has 1 aliphatic heterocycles. The van der Waals surface area contributed by atoms with Crippen molar-refractivity contribution in [3.8, 4) is 11.5 Å². The fraction of sp³-hybridized carbons (Fsp3) is 0.500. The van der Waals surface area contributed by atoms with Gasteiger partial charge in [-0.3, -0.25) is 4.79 Å². The van der Waals surface area contributed by atoms with Gasteiger partial charge in [0.1, 0.15) is 11.5 Å². The summed E-state index contributed by atoms with van der Waals surface area (Å²) in [6.45, 7) is 7.22. The number of methoxy groups -OCH3 is 1. The van der Waals surface area contributed by atoms with Gasteiger partial charge in [0, 0.05) is 23.9 Å². The highest BCUT2D eigenvalue weighted by Crippen LogP contribution is 2.35. The van der Waals surface area contributed by atoms with Crippen LogP contribution in [0.25, 0.3) is 0 Å². The topological polar surface area (TPSA) is 105 Å². The monoisotopic (exact) mass is 523 g/mol. The van der Waals surface area contributed by atoms with Gasteiger partial charge in [0.2, 0.25) is 5.91 Å². The van der Waals surface area contributed by atoms with Crippen molar-refractivity contribution in [3.63, 3.8) is 0 Å². The number of sulfone groups is 1. The molecule has 2 aromatic carbocycles. The number of rotatable bonds is 10. The normalized spacial score (nSPS) is 15.9. The maximum atomic E-state index is 13.2. The summed E-state index contributed by atoms with van der Waals surface area (Å²) in [6, 6.07) is 14.1. The molecular weight excluding hydrogens is 486 g/mol.